The number of benzene rings is 1. The van der Waals surface area contributed by atoms with E-state index in [9.17, 15) is 14.0 Å². The van der Waals surface area contributed by atoms with Crippen molar-refractivity contribution in [3.63, 3.8) is 0 Å². The Morgan fingerprint density at radius 3 is 2.58 bits per heavy atom. The van der Waals surface area contributed by atoms with Crippen molar-refractivity contribution in [2.24, 2.45) is 5.92 Å². The van der Waals surface area contributed by atoms with Crippen LogP contribution in [-0.4, -0.2) is 63.0 Å². The first-order chi connectivity index (χ1) is 16.0. The minimum atomic E-state index is -0.895. The smallest absolute Gasteiger partial charge is 0.256 e. The molecule has 0 N–H and O–H groups in total. The lowest BCUT2D eigenvalue weighted by molar-refractivity contribution is -0.141. The number of amides is 2. The normalized spacial score (nSPS) is 24.5. The molecular formula is C25H29FN4O3. The second-order valence-electron chi connectivity index (χ2n) is 9.47. The van der Waals surface area contributed by atoms with Gasteiger partial charge in [0.15, 0.2) is 0 Å². The van der Waals surface area contributed by atoms with Crippen LogP contribution in [0.15, 0.2) is 43.0 Å². The summed E-state index contributed by atoms with van der Waals surface area (Å²) in [6.45, 7) is 1.96. The number of para-hydroxylation sites is 1. The summed E-state index contributed by atoms with van der Waals surface area (Å²) in [4.78, 5) is 37.9. The first-order valence-electron chi connectivity index (χ1n) is 11.8. The number of nitrogens with zero attached hydrogens (tertiary/aromatic N) is 4. The van der Waals surface area contributed by atoms with Crippen molar-refractivity contribution in [2.45, 2.75) is 56.8 Å². The van der Waals surface area contributed by atoms with Gasteiger partial charge in [-0.1, -0.05) is 18.2 Å². The minimum absolute atomic E-state index is 0.0250. The number of aromatic nitrogens is 2. The number of fused-ring (bicyclic) bond motifs is 1. The highest BCUT2D eigenvalue weighted by molar-refractivity contribution is 5.93. The molecule has 2 fully saturated rings. The van der Waals surface area contributed by atoms with Crippen LogP contribution in [0.25, 0.3) is 0 Å². The SMILES string of the molecule is O=C(c1cncnc1)N1CCC2(CC1)CN(C(=O)C1CCCC(F)C1)Cc1ccccc1O2. The van der Waals surface area contributed by atoms with Crippen LogP contribution >= 0.6 is 0 Å². The summed E-state index contributed by atoms with van der Waals surface area (Å²) >= 11 is 0. The summed E-state index contributed by atoms with van der Waals surface area (Å²) in [6, 6.07) is 7.82. The number of hydrogen-bond donors (Lipinski definition) is 0. The standard InChI is InChI=1S/C25H29FN4O3/c26-21-6-3-5-18(12-21)23(31)30-15-19-4-1-2-7-22(19)33-25(16-30)8-10-29(11-9-25)24(32)20-13-27-17-28-14-20/h1-2,4,7,13-14,17-18,21H,3,5-6,8-12,15-16H2. The fourth-order valence-electron chi connectivity index (χ4n) is 5.35. The maximum Gasteiger partial charge on any atom is 0.256 e. The Bertz CT molecular complexity index is 1010. The van der Waals surface area contributed by atoms with Gasteiger partial charge in [-0.3, -0.25) is 9.59 Å². The third kappa shape index (κ3) is 4.56. The monoisotopic (exact) mass is 452 g/mol. The first-order valence-corrected chi connectivity index (χ1v) is 11.8. The number of halogens is 1. The molecule has 8 heteroatoms. The van der Waals surface area contributed by atoms with Crippen molar-refractivity contribution < 1.29 is 18.7 Å². The first kappa shape index (κ1) is 21.8. The molecule has 1 saturated heterocycles. The summed E-state index contributed by atoms with van der Waals surface area (Å²) in [5.74, 6) is 0.451. The van der Waals surface area contributed by atoms with Crippen LogP contribution in [-0.2, 0) is 11.3 Å². The van der Waals surface area contributed by atoms with Gasteiger partial charge in [0.05, 0.1) is 12.1 Å². The minimum Gasteiger partial charge on any atom is -0.485 e. The van der Waals surface area contributed by atoms with Crippen molar-refractivity contribution in [2.75, 3.05) is 19.6 Å². The van der Waals surface area contributed by atoms with Crippen molar-refractivity contribution in [1.29, 1.82) is 0 Å². The summed E-state index contributed by atoms with van der Waals surface area (Å²) in [5.41, 5.74) is 0.862. The molecule has 2 amide bonds. The number of rotatable bonds is 2. The van der Waals surface area contributed by atoms with Gasteiger partial charge in [0.25, 0.3) is 5.91 Å². The summed E-state index contributed by atoms with van der Waals surface area (Å²) in [6.07, 6.45) is 7.15. The van der Waals surface area contributed by atoms with Crippen LogP contribution in [0, 0.1) is 5.92 Å². The van der Waals surface area contributed by atoms with E-state index < -0.39 is 11.8 Å². The van der Waals surface area contributed by atoms with Crippen molar-refractivity contribution in [3.05, 3.63) is 54.1 Å². The van der Waals surface area contributed by atoms with Gasteiger partial charge >= 0.3 is 0 Å². The molecule has 7 nitrogen and oxygen atoms in total. The molecule has 5 rings (SSSR count). The van der Waals surface area contributed by atoms with Gasteiger partial charge in [-0.2, -0.15) is 0 Å². The highest BCUT2D eigenvalue weighted by atomic mass is 19.1. The topological polar surface area (TPSA) is 75.6 Å². The molecule has 1 spiro atoms. The van der Waals surface area contributed by atoms with E-state index in [1.165, 1.54) is 18.7 Å². The molecule has 1 aromatic heterocycles. The van der Waals surface area contributed by atoms with Crippen molar-refractivity contribution >= 4 is 11.8 Å². The molecule has 2 unspecified atom stereocenters. The summed E-state index contributed by atoms with van der Waals surface area (Å²) < 4.78 is 20.6. The van der Waals surface area contributed by atoms with E-state index in [0.717, 1.165) is 24.2 Å². The molecule has 1 saturated carbocycles. The Hall–Kier alpha value is -3.03. The van der Waals surface area contributed by atoms with Crippen LogP contribution in [0.3, 0.4) is 0 Å². The molecule has 1 aliphatic carbocycles. The zero-order valence-corrected chi connectivity index (χ0v) is 18.7. The van der Waals surface area contributed by atoms with Crippen molar-refractivity contribution in [1.82, 2.24) is 19.8 Å². The number of alkyl halides is 1. The Morgan fingerprint density at radius 2 is 1.82 bits per heavy atom. The largest absolute Gasteiger partial charge is 0.485 e. The molecule has 2 aromatic rings. The van der Waals surface area contributed by atoms with E-state index in [0.29, 0.717) is 57.4 Å². The van der Waals surface area contributed by atoms with E-state index in [1.807, 2.05) is 29.2 Å². The Labute approximate surface area is 193 Å². The second kappa shape index (κ2) is 9.08. The second-order valence-corrected chi connectivity index (χ2v) is 9.47. The maximum absolute atomic E-state index is 14.0. The van der Waals surface area contributed by atoms with Gasteiger partial charge in [0.2, 0.25) is 5.91 Å². The Morgan fingerprint density at radius 1 is 1.06 bits per heavy atom. The average molecular weight is 453 g/mol. The predicted molar refractivity (Wildman–Crippen MR) is 119 cm³/mol. The van der Waals surface area contributed by atoms with E-state index in [2.05, 4.69) is 9.97 Å². The Balaban J connectivity index is 1.36. The van der Waals surface area contributed by atoms with E-state index >= 15 is 0 Å². The van der Waals surface area contributed by atoms with Crippen molar-refractivity contribution in [3.8, 4) is 5.75 Å². The number of piperidine rings is 1. The third-order valence-electron chi connectivity index (χ3n) is 7.18. The van der Waals surface area contributed by atoms with Crippen LogP contribution in [0.4, 0.5) is 4.39 Å². The van der Waals surface area contributed by atoms with Gasteiger partial charge in [-0.15, -0.1) is 0 Å². The number of carbonyl (C=O) groups is 2. The fourth-order valence-corrected chi connectivity index (χ4v) is 5.35. The molecule has 3 aliphatic rings. The molecular weight excluding hydrogens is 423 g/mol. The number of ether oxygens (including phenoxy) is 1. The lowest BCUT2D eigenvalue weighted by Crippen LogP contribution is -2.55. The van der Waals surface area contributed by atoms with Gasteiger partial charge in [0.1, 0.15) is 23.8 Å². The molecule has 1 aromatic carbocycles. The molecule has 33 heavy (non-hydrogen) atoms. The Kier molecular flexibility index (Phi) is 6.00. The molecule has 2 aliphatic heterocycles. The molecule has 0 radical (unpaired) electrons. The third-order valence-corrected chi connectivity index (χ3v) is 7.18. The maximum atomic E-state index is 14.0. The lowest BCUT2D eigenvalue weighted by atomic mass is 9.85. The fraction of sp³-hybridized carbons (Fsp3) is 0.520. The quantitative estimate of drug-likeness (QED) is 0.698. The van der Waals surface area contributed by atoms with Gasteiger partial charge in [-0.05, 0) is 31.7 Å². The zero-order valence-electron chi connectivity index (χ0n) is 18.7. The van der Waals surface area contributed by atoms with Gasteiger partial charge in [0, 0.05) is 56.4 Å². The number of carbonyl (C=O) groups excluding carboxylic acids is 2. The average Bonchev–Trinajstić information content (AvgIpc) is 3.01. The van der Waals surface area contributed by atoms with E-state index in [4.69, 9.17) is 4.74 Å². The van der Waals surface area contributed by atoms with Gasteiger partial charge in [-0.25, -0.2) is 14.4 Å². The zero-order chi connectivity index (χ0) is 22.8. The van der Waals surface area contributed by atoms with Crippen LogP contribution in [0.5, 0.6) is 5.75 Å². The van der Waals surface area contributed by atoms with Gasteiger partial charge < -0.3 is 14.5 Å². The molecule has 0 bridgehead atoms. The molecule has 174 valence electrons. The van der Waals surface area contributed by atoms with E-state index in [1.54, 1.807) is 4.90 Å². The lowest BCUT2D eigenvalue weighted by Gasteiger charge is -2.43. The van der Waals surface area contributed by atoms with Crippen LogP contribution < -0.4 is 4.74 Å². The summed E-state index contributed by atoms with van der Waals surface area (Å²) in [7, 11) is 0. The number of likely N-dealkylation sites (tertiary alicyclic amines) is 1. The highest BCUT2D eigenvalue weighted by Crippen LogP contribution is 2.37. The number of hydrogen-bond acceptors (Lipinski definition) is 5. The highest BCUT2D eigenvalue weighted by Gasteiger charge is 2.44. The van der Waals surface area contributed by atoms with Crippen LogP contribution in [0.1, 0.15) is 54.4 Å². The molecule has 2 atom stereocenters. The molecule has 3 heterocycles. The predicted octanol–water partition coefficient (Wildman–Crippen LogP) is 3.40. The summed E-state index contributed by atoms with van der Waals surface area (Å²) in [5, 5.41) is 0. The van der Waals surface area contributed by atoms with Crippen LogP contribution in [0.2, 0.25) is 0 Å². The van der Waals surface area contributed by atoms with E-state index in [-0.39, 0.29) is 17.7 Å².